The van der Waals surface area contributed by atoms with E-state index in [4.69, 9.17) is 5.11 Å². The fourth-order valence-electron chi connectivity index (χ4n) is 3.35. The molecule has 1 aliphatic rings. The Bertz CT molecular complexity index is 981. The Morgan fingerprint density at radius 2 is 2.00 bits per heavy atom. The number of hydrogen-bond donors (Lipinski definition) is 2. The van der Waals surface area contributed by atoms with Crippen LogP contribution in [0.2, 0.25) is 0 Å². The quantitative estimate of drug-likeness (QED) is 0.752. The summed E-state index contributed by atoms with van der Waals surface area (Å²) in [6, 6.07) is 6.36. The summed E-state index contributed by atoms with van der Waals surface area (Å²) < 4.78 is 38.9. The van der Waals surface area contributed by atoms with Gasteiger partial charge in [0.1, 0.15) is 16.6 Å². The number of aliphatic carboxylic acids is 1. The van der Waals surface area contributed by atoms with Crippen molar-refractivity contribution in [2.24, 2.45) is 11.8 Å². The molecule has 1 aliphatic carbocycles. The number of nitrogens with zero attached hydrogens (tertiary/aromatic N) is 2. The van der Waals surface area contributed by atoms with Crippen molar-refractivity contribution in [2.45, 2.75) is 31.9 Å². The number of halogens is 3. The van der Waals surface area contributed by atoms with E-state index < -0.39 is 35.5 Å². The monoisotopic (exact) mass is 423 g/mol. The van der Waals surface area contributed by atoms with Crippen LogP contribution in [-0.4, -0.2) is 22.0 Å². The highest BCUT2D eigenvalue weighted by atomic mass is 32.1. The number of benzene rings is 1. The van der Waals surface area contributed by atoms with Gasteiger partial charge in [0.2, 0.25) is 5.91 Å². The molecule has 10 heteroatoms. The van der Waals surface area contributed by atoms with Gasteiger partial charge in [-0.05, 0) is 31.4 Å². The van der Waals surface area contributed by atoms with Crippen molar-refractivity contribution >= 4 is 28.3 Å². The molecule has 0 aliphatic heterocycles. The molecule has 29 heavy (non-hydrogen) atoms. The third kappa shape index (κ3) is 4.74. The maximum Gasteiger partial charge on any atom is 0.416 e. The van der Waals surface area contributed by atoms with Gasteiger partial charge in [0.05, 0.1) is 11.5 Å². The highest BCUT2D eigenvalue weighted by molar-refractivity contribution is 7.16. The second-order valence-corrected chi connectivity index (χ2v) is 7.77. The Balaban J connectivity index is 1.81. The van der Waals surface area contributed by atoms with Crippen LogP contribution in [0, 0.1) is 23.2 Å². The molecule has 6 nitrogen and oxygen atoms in total. The number of nitriles is 1. The number of anilines is 1. The van der Waals surface area contributed by atoms with E-state index >= 15 is 0 Å². The Morgan fingerprint density at radius 3 is 2.66 bits per heavy atom. The van der Waals surface area contributed by atoms with Gasteiger partial charge in [0, 0.05) is 11.5 Å². The van der Waals surface area contributed by atoms with Crippen LogP contribution in [0.15, 0.2) is 24.3 Å². The molecule has 0 bridgehead atoms. The minimum Gasteiger partial charge on any atom is -0.481 e. The summed E-state index contributed by atoms with van der Waals surface area (Å²) >= 11 is 0.865. The summed E-state index contributed by atoms with van der Waals surface area (Å²) in [6.45, 7) is 0. The number of carboxylic acids is 1. The zero-order valence-electron chi connectivity index (χ0n) is 15.0. The molecular formula is C19H16F3N3O3S. The molecule has 0 radical (unpaired) electrons. The third-order valence-electron chi connectivity index (χ3n) is 4.82. The van der Waals surface area contributed by atoms with Crippen molar-refractivity contribution in [3.63, 3.8) is 0 Å². The smallest absolute Gasteiger partial charge is 0.416 e. The first-order valence-electron chi connectivity index (χ1n) is 8.81. The Hall–Kier alpha value is -2.93. The van der Waals surface area contributed by atoms with Crippen molar-refractivity contribution in [2.75, 3.05) is 5.32 Å². The standard InChI is InChI=1S/C19H16F3N3O3S/c20-19(21,22)13-6-2-3-10(8-13)15-14(9-23)29-18(24-15)25-16(26)11-4-1-5-12(7-11)17(27)28/h2-3,6,8,11-12H,1,4-5,7H2,(H,27,28)(H,24,25,26)/t11-,12+/m1/s1. The molecule has 1 fully saturated rings. The summed E-state index contributed by atoms with van der Waals surface area (Å²) in [7, 11) is 0. The number of nitrogens with one attached hydrogen (secondary N) is 1. The molecule has 1 aromatic carbocycles. The van der Waals surface area contributed by atoms with E-state index in [1.54, 1.807) is 0 Å². The van der Waals surface area contributed by atoms with Crippen molar-refractivity contribution in [3.8, 4) is 17.3 Å². The Kier molecular flexibility index (Phi) is 5.88. The highest BCUT2D eigenvalue weighted by Gasteiger charge is 2.32. The number of rotatable bonds is 4. The molecular weight excluding hydrogens is 407 g/mol. The van der Waals surface area contributed by atoms with Crippen LogP contribution in [-0.2, 0) is 15.8 Å². The van der Waals surface area contributed by atoms with Gasteiger partial charge in [0.15, 0.2) is 5.13 Å². The van der Waals surface area contributed by atoms with Gasteiger partial charge in [-0.15, -0.1) is 0 Å². The average Bonchev–Trinajstić information content (AvgIpc) is 3.10. The predicted octanol–water partition coefficient (Wildman–Crippen LogP) is 4.53. The summed E-state index contributed by atoms with van der Waals surface area (Å²) in [5.41, 5.74) is -0.679. The fourth-order valence-corrected chi connectivity index (χ4v) is 4.14. The van der Waals surface area contributed by atoms with E-state index in [1.165, 1.54) is 12.1 Å². The molecule has 1 amide bonds. The number of carbonyl (C=O) groups is 2. The van der Waals surface area contributed by atoms with E-state index in [0.717, 1.165) is 23.5 Å². The van der Waals surface area contributed by atoms with Crippen LogP contribution in [0.1, 0.15) is 36.1 Å². The zero-order valence-corrected chi connectivity index (χ0v) is 15.8. The van der Waals surface area contributed by atoms with Crippen molar-refractivity contribution in [1.29, 1.82) is 5.26 Å². The van der Waals surface area contributed by atoms with Crippen LogP contribution in [0.5, 0.6) is 0 Å². The molecule has 2 aromatic rings. The van der Waals surface area contributed by atoms with E-state index in [0.29, 0.717) is 19.3 Å². The summed E-state index contributed by atoms with van der Waals surface area (Å²) in [4.78, 5) is 27.9. The lowest BCUT2D eigenvalue weighted by atomic mass is 9.81. The van der Waals surface area contributed by atoms with Gasteiger partial charge >= 0.3 is 12.1 Å². The lowest BCUT2D eigenvalue weighted by molar-refractivity contribution is -0.143. The van der Waals surface area contributed by atoms with Crippen LogP contribution in [0.25, 0.3) is 11.3 Å². The third-order valence-corrected chi connectivity index (χ3v) is 5.69. The Labute approximate surface area is 168 Å². The van der Waals surface area contributed by atoms with Gasteiger partial charge in [-0.3, -0.25) is 9.59 Å². The van der Waals surface area contributed by atoms with E-state index in [-0.39, 0.29) is 27.7 Å². The average molecular weight is 423 g/mol. The number of aromatic nitrogens is 1. The SMILES string of the molecule is N#Cc1sc(NC(=O)[C@@H]2CCC[C@H](C(=O)O)C2)nc1-c1cccc(C(F)(F)F)c1. The minimum atomic E-state index is -4.53. The maximum absolute atomic E-state index is 13.0. The molecule has 1 heterocycles. The van der Waals surface area contributed by atoms with Gasteiger partial charge in [0.25, 0.3) is 0 Å². The predicted molar refractivity (Wildman–Crippen MR) is 99.0 cm³/mol. The van der Waals surface area contributed by atoms with Crippen LogP contribution in [0.4, 0.5) is 18.3 Å². The van der Waals surface area contributed by atoms with E-state index in [9.17, 15) is 28.0 Å². The second kappa shape index (κ2) is 8.21. The molecule has 0 saturated heterocycles. The number of hydrogen-bond acceptors (Lipinski definition) is 5. The van der Waals surface area contributed by atoms with E-state index in [1.807, 2.05) is 6.07 Å². The second-order valence-electron chi connectivity index (χ2n) is 6.78. The summed E-state index contributed by atoms with van der Waals surface area (Å²) in [6.07, 6.45) is -2.62. The first-order valence-corrected chi connectivity index (χ1v) is 9.63. The van der Waals surface area contributed by atoms with Crippen LogP contribution in [0.3, 0.4) is 0 Å². The van der Waals surface area contributed by atoms with Crippen LogP contribution >= 0.6 is 11.3 Å². The first kappa shape index (κ1) is 20.8. The summed E-state index contributed by atoms with van der Waals surface area (Å²) in [5, 5.41) is 21.1. The molecule has 2 atom stereocenters. The van der Waals surface area contributed by atoms with Crippen molar-refractivity contribution in [1.82, 2.24) is 4.98 Å². The minimum absolute atomic E-state index is 0.0611. The highest BCUT2D eigenvalue weighted by Crippen LogP contribution is 2.36. The molecule has 0 unspecified atom stereocenters. The number of amides is 1. The van der Waals surface area contributed by atoms with E-state index in [2.05, 4.69) is 10.3 Å². The van der Waals surface area contributed by atoms with Gasteiger partial charge in [-0.1, -0.05) is 29.9 Å². The van der Waals surface area contributed by atoms with Crippen molar-refractivity contribution in [3.05, 3.63) is 34.7 Å². The van der Waals surface area contributed by atoms with Gasteiger partial charge < -0.3 is 10.4 Å². The maximum atomic E-state index is 13.0. The zero-order chi connectivity index (χ0) is 21.2. The Morgan fingerprint density at radius 1 is 1.28 bits per heavy atom. The fraction of sp³-hybridized carbons (Fsp3) is 0.368. The molecule has 3 rings (SSSR count). The van der Waals surface area contributed by atoms with Gasteiger partial charge in [-0.25, -0.2) is 4.98 Å². The largest absolute Gasteiger partial charge is 0.481 e. The van der Waals surface area contributed by atoms with Gasteiger partial charge in [-0.2, -0.15) is 18.4 Å². The molecule has 1 saturated carbocycles. The van der Waals surface area contributed by atoms with Crippen LogP contribution < -0.4 is 5.32 Å². The molecule has 1 aromatic heterocycles. The molecule has 0 spiro atoms. The number of thiazole rings is 1. The lowest BCUT2D eigenvalue weighted by Crippen LogP contribution is -2.30. The summed E-state index contributed by atoms with van der Waals surface area (Å²) in [5.74, 6) is -2.40. The topological polar surface area (TPSA) is 103 Å². The van der Waals surface area contributed by atoms with Crippen molar-refractivity contribution < 1.29 is 27.9 Å². The number of carboxylic acid groups (broad SMARTS) is 1. The lowest BCUT2D eigenvalue weighted by Gasteiger charge is -2.25. The normalized spacial score (nSPS) is 19.4. The molecule has 152 valence electrons. The number of alkyl halides is 3. The number of carbonyl (C=O) groups excluding carboxylic acids is 1. The first-order chi connectivity index (χ1) is 13.7. The molecule has 2 N–H and O–H groups in total.